The van der Waals surface area contributed by atoms with Gasteiger partial charge in [0.15, 0.2) is 5.58 Å². The van der Waals surface area contributed by atoms with Crippen molar-refractivity contribution < 1.29 is 13.9 Å². The number of ether oxygens (including phenoxy) is 2. The molecular formula is C19H20N2O3. The number of nitrogens with one attached hydrogen (secondary N) is 1. The molecular weight excluding hydrogens is 304 g/mol. The summed E-state index contributed by atoms with van der Waals surface area (Å²) >= 11 is 0. The minimum atomic E-state index is 0.389. The highest BCUT2D eigenvalue weighted by atomic mass is 16.5. The van der Waals surface area contributed by atoms with E-state index in [1.54, 1.807) is 0 Å². The lowest BCUT2D eigenvalue weighted by Crippen LogP contribution is -2.28. The monoisotopic (exact) mass is 324 g/mol. The Balaban J connectivity index is 1.37. The molecule has 1 aromatic heterocycles. The Bertz CT molecular complexity index is 797. The summed E-state index contributed by atoms with van der Waals surface area (Å²) in [6.07, 6.45) is 2.52. The van der Waals surface area contributed by atoms with Crippen LogP contribution >= 0.6 is 0 Å². The second-order valence-electron chi connectivity index (χ2n) is 5.92. The van der Waals surface area contributed by atoms with E-state index in [-0.39, 0.29) is 0 Å². The van der Waals surface area contributed by atoms with Gasteiger partial charge in [-0.1, -0.05) is 30.3 Å². The summed E-state index contributed by atoms with van der Waals surface area (Å²) in [7, 11) is 0. The van der Waals surface area contributed by atoms with Crippen LogP contribution in [0.5, 0.6) is 5.75 Å². The molecule has 24 heavy (non-hydrogen) atoms. The van der Waals surface area contributed by atoms with Gasteiger partial charge in [-0.2, -0.15) is 4.98 Å². The molecule has 1 aliphatic rings. The molecule has 0 radical (unpaired) electrons. The molecule has 5 nitrogen and oxygen atoms in total. The van der Waals surface area contributed by atoms with Gasteiger partial charge in [0.25, 0.3) is 6.01 Å². The molecule has 1 aliphatic heterocycles. The number of anilines is 1. The van der Waals surface area contributed by atoms with Gasteiger partial charge in [-0.05, 0) is 30.5 Å². The Hall–Kier alpha value is -2.53. The van der Waals surface area contributed by atoms with Gasteiger partial charge in [0.2, 0.25) is 0 Å². The van der Waals surface area contributed by atoms with Crippen LogP contribution in [0.15, 0.2) is 52.9 Å². The molecule has 1 saturated heterocycles. The number of nitrogens with zero attached hydrogens (tertiary/aromatic N) is 1. The van der Waals surface area contributed by atoms with Crippen molar-refractivity contribution in [2.75, 3.05) is 18.5 Å². The first-order chi connectivity index (χ1) is 11.9. The Morgan fingerprint density at radius 3 is 2.83 bits per heavy atom. The van der Waals surface area contributed by atoms with E-state index in [9.17, 15) is 0 Å². The molecule has 0 saturated carbocycles. The quantitative estimate of drug-likeness (QED) is 0.712. The number of aromatic nitrogens is 1. The number of hydrogen-bond donors (Lipinski definition) is 1. The highest BCUT2D eigenvalue weighted by Gasteiger charge is 2.17. The maximum absolute atomic E-state index is 5.82. The van der Waals surface area contributed by atoms with Gasteiger partial charge >= 0.3 is 0 Å². The Morgan fingerprint density at radius 2 is 2.04 bits per heavy atom. The first-order valence-electron chi connectivity index (χ1n) is 8.29. The fourth-order valence-corrected chi connectivity index (χ4v) is 2.66. The van der Waals surface area contributed by atoms with Crippen LogP contribution in [0.3, 0.4) is 0 Å². The van der Waals surface area contributed by atoms with E-state index < -0.39 is 0 Å². The molecule has 4 rings (SSSR count). The molecule has 124 valence electrons. The fraction of sp³-hybridized carbons (Fsp3) is 0.316. The Labute approximate surface area is 140 Å². The van der Waals surface area contributed by atoms with Crippen LogP contribution in [-0.2, 0) is 11.3 Å². The number of benzene rings is 2. The average Bonchev–Trinajstić information content (AvgIpc) is 2.98. The van der Waals surface area contributed by atoms with E-state index in [0.717, 1.165) is 48.4 Å². The zero-order chi connectivity index (χ0) is 16.2. The molecule has 5 heteroatoms. The summed E-state index contributed by atoms with van der Waals surface area (Å²) in [6, 6.07) is 16.3. The van der Waals surface area contributed by atoms with E-state index in [1.165, 1.54) is 0 Å². The van der Waals surface area contributed by atoms with Crippen molar-refractivity contribution in [1.29, 1.82) is 0 Å². The zero-order valence-corrected chi connectivity index (χ0v) is 13.4. The van der Waals surface area contributed by atoms with Crippen molar-refractivity contribution in [2.45, 2.75) is 25.6 Å². The van der Waals surface area contributed by atoms with Crippen LogP contribution in [-0.4, -0.2) is 24.2 Å². The standard InChI is InChI=1S/C19H20N2O3/c1-2-4-14(5-3-1)13-23-16-6-7-17-18(12-16)24-19(21-17)20-10-8-15-9-11-22-15/h1-7,12,15H,8-11,13H2,(H,20,21). The predicted molar refractivity (Wildman–Crippen MR) is 92.2 cm³/mol. The van der Waals surface area contributed by atoms with E-state index in [4.69, 9.17) is 13.9 Å². The van der Waals surface area contributed by atoms with Crippen molar-refractivity contribution in [3.8, 4) is 5.75 Å². The average molecular weight is 324 g/mol. The second-order valence-corrected chi connectivity index (χ2v) is 5.92. The van der Waals surface area contributed by atoms with Crippen LogP contribution in [0.1, 0.15) is 18.4 Å². The van der Waals surface area contributed by atoms with Gasteiger partial charge in [-0.25, -0.2) is 0 Å². The summed E-state index contributed by atoms with van der Waals surface area (Å²) in [5.74, 6) is 0.775. The largest absolute Gasteiger partial charge is 0.489 e. The van der Waals surface area contributed by atoms with E-state index in [2.05, 4.69) is 10.3 Å². The van der Waals surface area contributed by atoms with Crippen LogP contribution < -0.4 is 10.1 Å². The molecule has 0 amide bonds. The zero-order valence-electron chi connectivity index (χ0n) is 13.4. The van der Waals surface area contributed by atoms with E-state index >= 15 is 0 Å². The van der Waals surface area contributed by atoms with Crippen molar-refractivity contribution in [3.05, 3.63) is 54.1 Å². The first-order valence-corrected chi connectivity index (χ1v) is 8.29. The second kappa shape index (κ2) is 6.93. The minimum absolute atomic E-state index is 0.389. The first kappa shape index (κ1) is 15.0. The van der Waals surface area contributed by atoms with Gasteiger partial charge < -0.3 is 19.2 Å². The van der Waals surface area contributed by atoms with Gasteiger partial charge in [0.1, 0.15) is 17.9 Å². The molecule has 0 bridgehead atoms. The lowest BCUT2D eigenvalue weighted by atomic mass is 10.1. The Morgan fingerprint density at radius 1 is 1.17 bits per heavy atom. The number of fused-ring (bicyclic) bond motifs is 1. The highest BCUT2D eigenvalue weighted by molar-refractivity contribution is 5.76. The lowest BCUT2D eigenvalue weighted by Gasteiger charge is -2.26. The van der Waals surface area contributed by atoms with Crippen molar-refractivity contribution in [3.63, 3.8) is 0 Å². The maximum atomic E-state index is 5.82. The van der Waals surface area contributed by atoms with Crippen molar-refractivity contribution >= 4 is 17.1 Å². The van der Waals surface area contributed by atoms with E-state index in [0.29, 0.717) is 18.7 Å². The molecule has 1 fully saturated rings. The summed E-state index contributed by atoms with van der Waals surface area (Å²) in [5, 5.41) is 3.21. The summed E-state index contributed by atoms with van der Waals surface area (Å²) in [4.78, 5) is 4.44. The topological polar surface area (TPSA) is 56.5 Å². The minimum Gasteiger partial charge on any atom is -0.489 e. The van der Waals surface area contributed by atoms with Crippen molar-refractivity contribution in [1.82, 2.24) is 4.98 Å². The van der Waals surface area contributed by atoms with Crippen LogP contribution in [0.2, 0.25) is 0 Å². The van der Waals surface area contributed by atoms with Gasteiger partial charge in [0, 0.05) is 19.2 Å². The lowest BCUT2D eigenvalue weighted by molar-refractivity contribution is -0.0523. The van der Waals surface area contributed by atoms with Gasteiger partial charge in [-0.15, -0.1) is 0 Å². The predicted octanol–water partition coefficient (Wildman–Crippen LogP) is 4.00. The smallest absolute Gasteiger partial charge is 0.295 e. The molecule has 3 aromatic rings. The molecule has 2 aromatic carbocycles. The van der Waals surface area contributed by atoms with Gasteiger partial charge in [0.05, 0.1) is 6.10 Å². The molecule has 0 spiro atoms. The third-order valence-corrected chi connectivity index (χ3v) is 4.14. The normalized spacial score (nSPS) is 16.8. The fourth-order valence-electron chi connectivity index (χ4n) is 2.66. The summed E-state index contributed by atoms with van der Waals surface area (Å²) < 4.78 is 17.0. The third kappa shape index (κ3) is 3.51. The molecule has 2 heterocycles. The Kier molecular flexibility index (Phi) is 4.34. The van der Waals surface area contributed by atoms with Crippen LogP contribution in [0.25, 0.3) is 11.1 Å². The number of oxazole rings is 1. The van der Waals surface area contributed by atoms with Crippen LogP contribution in [0.4, 0.5) is 6.01 Å². The molecule has 1 atom stereocenters. The SMILES string of the molecule is c1ccc(COc2ccc3nc(NCCC4CCO4)oc3c2)cc1. The van der Waals surface area contributed by atoms with Crippen LogP contribution in [0, 0.1) is 0 Å². The maximum Gasteiger partial charge on any atom is 0.295 e. The number of rotatable bonds is 7. The van der Waals surface area contributed by atoms with Gasteiger partial charge in [-0.3, -0.25) is 0 Å². The third-order valence-electron chi connectivity index (χ3n) is 4.14. The summed E-state index contributed by atoms with van der Waals surface area (Å²) in [6.45, 7) is 2.22. The number of hydrogen-bond acceptors (Lipinski definition) is 5. The summed E-state index contributed by atoms with van der Waals surface area (Å²) in [5.41, 5.74) is 2.68. The molecule has 1 unspecified atom stereocenters. The van der Waals surface area contributed by atoms with Crippen molar-refractivity contribution in [2.24, 2.45) is 0 Å². The highest BCUT2D eigenvalue weighted by Crippen LogP contribution is 2.24. The van der Waals surface area contributed by atoms with E-state index in [1.807, 2.05) is 48.5 Å². The molecule has 0 aliphatic carbocycles. The molecule has 1 N–H and O–H groups in total.